The second-order valence-corrected chi connectivity index (χ2v) is 4.23. The van der Waals surface area contributed by atoms with Gasteiger partial charge in [0, 0.05) is 13.0 Å². The first-order valence-electron chi connectivity index (χ1n) is 6.31. The minimum atomic E-state index is -0.838. The highest BCUT2D eigenvalue weighted by atomic mass is 16.4. The number of aliphatic carboxylic acids is 1. The maximum Gasteiger partial charge on any atom is 0.308 e. The molecule has 5 nitrogen and oxygen atoms in total. The average molecular weight is 244 g/mol. The normalized spacial score (nSPS) is 12.1. The number of nitrogens with two attached hydrogens (primary N) is 1. The van der Waals surface area contributed by atoms with Crippen molar-refractivity contribution in [1.82, 2.24) is 5.32 Å². The van der Waals surface area contributed by atoms with Crippen molar-refractivity contribution in [3.63, 3.8) is 0 Å². The lowest BCUT2D eigenvalue weighted by atomic mass is 10.0. The van der Waals surface area contributed by atoms with Crippen molar-refractivity contribution in [2.75, 3.05) is 13.1 Å². The van der Waals surface area contributed by atoms with Crippen molar-refractivity contribution in [3.05, 3.63) is 0 Å². The lowest BCUT2D eigenvalue weighted by Crippen LogP contribution is -2.32. The van der Waals surface area contributed by atoms with Crippen LogP contribution in [0.2, 0.25) is 0 Å². The number of carbonyl (C=O) groups is 2. The summed E-state index contributed by atoms with van der Waals surface area (Å²) >= 11 is 0. The highest BCUT2D eigenvalue weighted by Gasteiger charge is 2.16. The maximum absolute atomic E-state index is 11.4. The van der Waals surface area contributed by atoms with Gasteiger partial charge in [0.25, 0.3) is 0 Å². The molecule has 0 aromatic rings. The van der Waals surface area contributed by atoms with E-state index in [0.29, 0.717) is 19.4 Å². The molecule has 1 atom stereocenters. The Bertz CT molecular complexity index is 232. The second kappa shape index (κ2) is 10.1. The zero-order valence-electron chi connectivity index (χ0n) is 10.6. The third kappa shape index (κ3) is 8.68. The number of carbonyl (C=O) groups excluding carboxylic acids is 1. The van der Waals surface area contributed by atoms with Gasteiger partial charge in [-0.15, -0.1) is 0 Å². The van der Waals surface area contributed by atoms with Gasteiger partial charge in [0.2, 0.25) is 5.91 Å². The standard InChI is InChI=1S/C12H24N2O3/c1-2-6-10(12(16)17)9-14-11(15)7-4-3-5-8-13/h10H,2-9,13H2,1H3,(H,14,15)(H,16,17). The minimum absolute atomic E-state index is 0.0654. The van der Waals surface area contributed by atoms with Crippen LogP contribution in [0, 0.1) is 5.92 Å². The van der Waals surface area contributed by atoms with Gasteiger partial charge in [-0.25, -0.2) is 0 Å². The summed E-state index contributed by atoms with van der Waals surface area (Å²) in [5.41, 5.74) is 5.34. The molecule has 0 spiro atoms. The van der Waals surface area contributed by atoms with Gasteiger partial charge in [0.1, 0.15) is 0 Å². The molecule has 1 unspecified atom stereocenters. The van der Waals surface area contributed by atoms with Crippen molar-refractivity contribution in [2.24, 2.45) is 11.7 Å². The molecule has 0 heterocycles. The molecule has 0 bridgehead atoms. The number of rotatable bonds is 10. The molecule has 0 saturated heterocycles. The van der Waals surface area contributed by atoms with Crippen molar-refractivity contribution >= 4 is 11.9 Å². The van der Waals surface area contributed by atoms with Gasteiger partial charge in [-0.3, -0.25) is 9.59 Å². The lowest BCUT2D eigenvalue weighted by molar-refractivity contribution is -0.141. The second-order valence-electron chi connectivity index (χ2n) is 4.23. The van der Waals surface area contributed by atoms with E-state index in [1.807, 2.05) is 6.92 Å². The van der Waals surface area contributed by atoms with Crippen LogP contribution < -0.4 is 11.1 Å². The van der Waals surface area contributed by atoms with Crippen molar-refractivity contribution in [1.29, 1.82) is 0 Å². The Morgan fingerprint density at radius 3 is 2.53 bits per heavy atom. The topological polar surface area (TPSA) is 92.4 Å². The Labute approximate surface area is 103 Å². The quantitative estimate of drug-likeness (QED) is 0.502. The first-order valence-corrected chi connectivity index (χ1v) is 6.31. The molecule has 17 heavy (non-hydrogen) atoms. The number of hydrogen-bond acceptors (Lipinski definition) is 3. The molecule has 0 fully saturated rings. The largest absolute Gasteiger partial charge is 0.481 e. The molecule has 0 radical (unpaired) electrons. The smallest absolute Gasteiger partial charge is 0.308 e. The zero-order valence-corrected chi connectivity index (χ0v) is 10.6. The fraction of sp³-hybridized carbons (Fsp3) is 0.833. The van der Waals surface area contributed by atoms with E-state index in [1.54, 1.807) is 0 Å². The molecular formula is C12H24N2O3. The van der Waals surface area contributed by atoms with E-state index < -0.39 is 11.9 Å². The van der Waals surface area contributed by atoms with Crippen LogP contribution in [0.5, 0.6) is 0 Å². The number of hydrogen-bond donors (Lipinski definition) is 3. The van der Waals surface area contributed by atoms with Gasteiger partial charge < -0.3 is 16.2 Å². The Balaban J connectivity index is 3.69. The molecule has 0 aliphatic rings. The van der Waals surface area contributed by atoms with Crippen LogP contribution in [0.4, 0.5) is 0 Å². The monoisotopic (exact) mass is 244 g/mol. The highest BCUT2D eigenvalue weighted by Crippen LogP contribution is 2.05. The van der Waals surface area contributed by atoms with Crippen molar-refractivity contribution in [3.8, 4) is 0 Å². The highest BCUT2D eigenvalue weighted by molar-refractivity contribution is 5.77. The van der Waals surface area contributed by atoms with Gasteiger partial charge in [0.15, 0.2) is 0 Å². The van der Waals surface area contributed by atoms with Crippen LogP contribution in [-0.4, -0.2) is 30.1 Å². The van der Waals surface area contributed by atoms with Gasteiger partial charge in [-0.2, -0.15) is 0 Å². The summed E-state index contributed by atoms with van der Waals surface area (Å²) in [7, 11) is 0. The zero-order chi connectivity index (χ0) is 13.1. The summed E-state index contributed by atoms with van der Waals surface area (Å²) < 4.78 is 0. The van der Waals surface area contributed by atoms with Crippen LogP contribution in [0.3, 0.4) is 0 Å². The predicted molar refractivity (Wildman–Crippen MR) is 66.6 cm³/mol. The van der Waals surface area contributed by atoms with Crippen molar-refractivity contribution < 1.29 is 14.7 Å². The van der Waals surface area contributed by atoms with Crippen LogP contribution in [-0.2, 0) is 9.59 Å². The van der Waals surface area contributed by atoms with Crippen molar-refractivity contribution in [2.45, 2.75) is 45.4 Å². The summed E-state index contributed by atoms with van der Waals surface area (Å²) in [6.45, 7) is 2.82. The maximum atomic E-state index is 11.4. The molecule has 4 N–H and O–H groups in total. The Morgan fingerprint density at radius 1 is 1.29 bits per heavy atom. The number of unbranched alkanes of at least 4 members (excludes halogenated alkanes) is 2. The molecule has 0 aliphatic heterocycles. The third-order valence-electron chi connectivity index (χ3n) is 2.64. The molecule has 0 saturated carbocycles. The molecule has 100 valence electrons. The summed E-state index contributed by atoms with van der Waals surface area (Å²) in [5, 5.41) is 11.6. The summed E-state index contributed by atoms with van der Waals surface area (Å²) in [4.78, 5) is 22.2. The van der Waals surface area contributed by atoms with E-state index in [9.17, 15) is 9.59 Å². The Morgan fingerprint density at radius 2 is 2.00 bits per heavy atom. The van der Waals surface area contributed by atoms with E-state index in [2.05, 4.69) is 5.32 Å². The van der Waals surface area contributed by atoms with Gasteiger partial charge in [-0.05, 0) is 25.8 Å². The van der Waals surface area contributed by atoms with E-state index in [-0.39, 0.29) is 12.5 Å². The van der Waals surface area contributed by atoms with Crippen LogP contribution in [0.1, 0.15) is 45.4 Å². The minimum Gasteiger partial charge on any atom is -0.481 e. The number of carboxylic acids is 1. The number of amides is 1. The Hall–Kier alpha value is -1.10. The van der Waals surface area contributed by atoms with Crippen LogP contribution in [0.25, 0.3) is 0 Å². The van der Waals surface area contributed by atoms with Gasteiger partial charge >= 0.3 is 5.97 Å². The van der Waals surface area contributed by atoms with Gasteiger partial charge in [-0.1, -0.05) is 19.8 Å². The fourth-order valence-electron chi connectivity index (χ4n) is 1.59. The molecular weight excluding hydrogens is 220 g/mol. The summed E-state index contributed by atoms with van der Waals surface area (Å²) in [5.74, 6) is -1.37. The van der Waals surface area contributed by atoms with E-state index in [4.69, 9.17) is 10.8 Å². The molecule has 0 rings (SSSR count). The predicted octanol–water partition coefficient (Wildman–Crippen LogP) is 1.12. The molecule has 5 heteroatoms. The van der Waals surface area contributed by atoms with Crippen LogP contribution >= 0.6 is 0 Å². The molecule has 1 amide bonds. The van der Waals surface area contributed by atoms with E-state index in [1.165, 1.54) is 0 Å². The molecule has 0 aromatic heterocycles. The van der Waals surface area contributed by atoms with E-state index >= 15 is 0 Å². The number of nitrogens with one attached hydrogen (secondary N) is 1. The SMILES string of the molecule is CCCC(CNC(=O)CCCCCN)C(=O)O. The lowest BCUT2D eigenvalue weighted by Gasteiger charge is -2.12. The van der Waals surface area contributed by atoms with Crippen LogP contribution in [0.15, 0.2) is 0 Å². The summed E-state index contributed by atoms with van der Waals surface area (Å²) in [6.07, 6.45) is 4.56. The molecule has 0 aliphatic carbocycles. The Kier molecular flexibility index (Phi) is 9.43. The first kappa shape index (κ1) is 15.9. The molecule has 0 aromatic carbocycles. The third-order valence-corrected chi connectivity index (χ3v) is 2.64. The fourth-order valence-corrected chi connectivity index (χ4v) is 1.59. The van der Waals surface area contributed by atoms with E-state index in [0.717, 1.165) is 25.7 Å². The average Bonchev–Trinajstić information content (AvgIpc) is 2.29. The first-order chi connectivity index (χ1) is 8.11. The van der Waals surface area contributed by atoms with Gasteiger partial charge in [0.05, 0.1) is 5.92 Å². The number of carboxylic acid groups (broad SMARTS) is 1. The summed E-state index contributed by atoms with van der Waals surface area (Å²) in [6, 6.07) is 0.